The largest absolute Gasteiger partial charge is 0.504 e. The van der Waals surface area contributed by atoms with E-state index in [9.17, 15) is 30.3 Å². The molecule has 2 aromatic carbocycles. The number of piperidine rings is 1. The van der Waals surface area contributed by atoms with Gasteiger partial charge in [-0.3, -0.25) is 4.79 Å². The first-order valence-electron chi connectivity index (χ1n) is 18.4. The maximum Gasteiger partial charge on any atom is 0.311 e. The molecule has 2 saturated heterocycles. The summed E-state index contributed by atoms with van der Waals surface area (Å²) in [4.78, 5) is 16.9. The van der Waals surface area contributed by atoms with Gasteiger partial charge in [0.05, 0.1) is 31.3 Å². The number of aliphatic hydroxyl groups excluding tert-OH is 3. The zero-order valence-corrected chi connectivity index (χ0v) is 30.5. The Hall–Kier alpha value is -4.60. The normalized spacial score (nSPS) is 29.3. The first kappa shape index (κ1) is 39.1. The number of aromatic hydroxyl groups is 2. The molecule has 0 amide bonds. The standard InChI is InChI=1S/C40H51N3O11/c1-22-9-12-40(28(6-7-29(40)39(49)50)24-10-13-42-36(41)18-24)35(43-22)20-52-34-17-25(16-33(51-2)37(34)48)38-27(11-14-44)31(47)19-26(54-38)5-3-23-4-8-30(46)32(15-23)53-21-45/h4,6-8,10,13,15-18,22,26-29,31,35,38,43-48H,3,5,9,11-12,14,19-21H2,1-2H3,(H2,41,42)(H,49,50)/t22-,26+,27+,28-,29-,31+,35-,38-,40+/m1/s1. The molecular weight excluding hydrogens is 698 g/mol. The van der Waals surface area contributed by atoms with Crippen molar-refractivity contribution in [3.8, 4) is 28.7 Å². The highest BCUT2D eigenvalue weighted by atomic mass is 16.6. The van der Waals surface area contributed by atoms with Crippen molar-refractivity contribution < 1.29 is 54.4 Å². The highest BCUT2D eigenvalue weighted by molar-refractivity contribution is 5.75. The van der Waals surface area contributed by atoms with Crippen LogP contribution in [-0.4, -0.2) is 93.0 Å². The number of methoxy groups -OCH3 is 1. The smallest absolute Gasteiger partial charge is 0.311 e. The molecule has 292 valence electrons. The van der Waals surface area contributed by atoms with Crippen LogP contribution in [0.1, 0.15) is 67.7 Å². The molecule has 9 atom stereocenters. The van der Waals surface area contributed by atoms with Crippen LogP contribution in [0.4, 0.5) is 5.82 Å². The molecule has 3 aliphatic rings. The summed E-state index contributed by atoms with van der Waals surface area (Å²) < 4.78 is 23.8. The molecule has 2 aliphatic heterocycles. The van der Waals surface area contributed by atoms with Gasteiger partial charge in [-0.1, -0.05) is 18.2 Å². The number of aryl methyl sites for hydroxylation is 1. The van der Waals surface area contributed by atoms with E-state index in [2.05, 4.69) is 10.3 Å². The summed E-state index contributed by atoms with van der Waals surface area (Å²) in [5.74, 6) is -2.13. The van der Waals surface area contributed by atoms with Crippen LogP contribution < -0.4 is 25.3 Å². The van der Waals surface area contributed by atoms with Crippen LogP contribution in [0.25, 0.3) is 0 Å². The summed E-state index contributed by atoms with van der Waals surface area (Å²) >= 11 is 0. The minimum absolute atomic E-state index is 0.0124. The van der Waals surface area contributed by atoms with Crippen molar-refractivity contribution in [3.63, 3.8) is 0 Å². The Balaban J connectivity index is 1.28. The number of hydrogen-bond acceptors (Lipinski definition) is 13. The molecule has 0 saturated carbocycles. The lowest BCUT2D eigenvalue weighted by atomic mass is 9.59. The monoisotopic (exact) mass is 749 g/mol. The number of nitrogen functional groups attached to an aromatic ring is 1. The zero-order chi connectivity index (χ0) is 38.6. The van der Waals surface area contributed by atoms with E-state index in [4.69, 9.17) is 29.8 Å². The van der Waals surface area contributed by atoms with E-state index in [0.29, 0.717) is 37.1 Å². The molecule has 6 rings (SSSR count). The number of aromatic nitrogens is 1. The van der Waals surface area contributed by atoms with Crippen molar-refractivity contribution >= 4 is 11.8 Å². The van der Waals surface area contributed by atoms with Crippen LogP contribution in [-0.2, 0) is 16.0 Å². The fourth-order valence-electron chi connectivity index (χ4n) is 8.78. The topological polar surface area (TPSA) is 226 Å². The number of nitrogens with zero attached hydrogens (tertiary/aromatic N) is 1. The Kier molecular flexibility index (Phi) is 12.2. The highest BCUT2D eigenvalue weighted by Crippen LogP contribution is 2.56. The SMILES string of the molecule is COc1cc([C@H]2O[C@@H](CCc3ccc(O)c(OCO)c3)C[C@H](O)[C@@H]2CCO)cc(OC[C@H]2N[C@H](C)CC[C@]23[C@@H](C(=O)O)C=C[C@@H]3c2ccnc(N)c2)c1O. The van der Waals surface area contributed by atoms with Gasteiger partial charge in [-0.2, -0.15) is 0 Å². The molecule has 54 heavy (non-hydrogen) atoms. The third-order valence-corrected chi connectivity index (χ3v) is 11.4. The summed E-state index contributed by atoms with van der Waals surface area (Å²) in [5.41, 5.74) is 7.52. The number of aliphatic carboxylic acids is 1. The van der Waals surface area contributed by atoms with E-state index in [1.165, 1.54) is 13.2 Å². The highest BCUT2D eigenvalue weighted by Gasteiger charge is 2.57. The lowest BCUT2D eigenvalue weighted by Crippen LogP contribution is -2.60. The summed E-state index contributed by atoms with van der Waals surface area (Å²) in [6, 6.07) is 11.4. The molecule has 14 nitrogen and oxygen atoms in total. The number of anilines is 1. The van der Waals surface area contributed by atoms with Gasteiger partial charge in [0.2, 0.25) is 5.75 Å². The van der Waals surface area contributed by atoms with Crippen LogP contribution >= 0.6 is 0 Å². The first-order valence-corrected chi connectivity index (χ1v) is 18.4. The van der Waals surface area contributed by atoms with E-state index in [-0.39, 0.29) is 60.3 Å². The number of phenolic OH excluding ortho intramolecular Hbond substituents is 2. The van der Waals surface area contributed by atoms with Gasteiger partial charge in [-0.15, -0.1) is 0 Å². The fourth-order valence-corrected chi connectivity index (χ4v) is 8.78. The van der Waals surface area contributed by atoms with Crippen LogP contribution in [0.2, 0.25) is 0 Å². The molecule has 2 fully saturated rings. The Bertz CT molecular complexity index is 1810. The molecule has 3 heterocycles. The van der Waals surface area contributed by atoms with Crippen LogP contribution in [0, 0.1) is 17.3 Å². The van der Waals surface area contributed by atoms with Crippen molar-refractivity contribution in [1.82, 2.24) is 10.3 Å². The third-order valence-electron chi connectivity index (χ3n) is 11.4. The molecule has 0 unspecified atom stereocenters. The predicted octanol–water partition coefficient (Wildman–Crippen LogP) is 3.79. The van der Waals surface area contributed by atoms with Gasteiger partial charge in [-0.25, -0.2) is 4.98 Å². The van der Waals surface area contributed by atoms with Crippen molar-refractivity contribution in [2.24, 2.45) is 17.3 Å². The number of aliphatic hydroxyl groups is 3. The van der Waals surface area contributed by atoms with Gasteiger partial charge in [0, 0.05) is 42.1 Å². The number of nitrogens with two attached hydrogens (primary N) is 1. The number of hydrogen-bond donors (Lipinski definition) is 8. The summed E-state index contributed by atoms with van der Waals surface area (Å²) in [7, 11) is 1.42. The number of nitrogens with one attached hydrogen (secondary N) is 1. The minimum Gasteiger partial charge on any atom is -0.504 e. The number of ether oxygens (including phenoxy) is 4. The predicted molar refractivity (Wildman–Crippen MR) is 197 cm³/mol. The van der Waals surface area contributed by atoms with Crippen molar-refractivity contribution in [2.75, 3.05) is 32.9 Å². The molecule has 3 aromatic rings. The molecule has 9 N–H and O–H groups in total. The number of pyridine rings is 1. The molecule has 0 bridgehead atoms. The van der Waals surface area contributed by atoms with Gasteiger partial charge < -0.3 is 60.6 Å². The van der Waals surface area contributed by atoms with E-state index in [0.717, 1.165) is 17.5 Å². The Morgan fingerprint density at radius 1 is 1.04 bits per heavy atom. The minimum atomic E-state index is -0.939. The summed E-state index contributed by atoms with van der Waals surface area (Å²) in [6.07, 6.45) is 6.37. The Labute approximate surface area is 314 Å². The fraction of sp³-hybridized carbons (Fsp3) is 0.500. The van der Waals surface area contributed by atoms with Crippen molar-refractivity contribution in [2.45, 2.75) is 81.8 Å². The summed E-state index contributed by atoms with van der Waals surface area (Å²) in [6.45, 7) is 1.30. The number of benzene rings is 2. The number of allylic oxidation sites excluding steroid dienone is 1. The lowest BCUT2D eigenvalue weighted by Gasteiger charge is -2.50. The van der Waals surface area contributed by atoms with E-state index in [1.54, 1.807) is 42.6 Å². The molecule has 1 aliphatic carbocycles. The summed E-state index contributed by atoms with van der Waals surface area (Å²) in [5, 5.41) is 66.0. The van der Waals surface area contributed by atoms with Gasteiger partial charge in [-0.05, 0) is 98.5 Å². The average molecular weight is 750 g/mol. The van der Waals surface area contributed by atoms with Gasteiger partial charge >= 0.3 is 5.97 Å². The number of rotatable bonds is 14. The second kappa shape index (κ2) is 16.8. The average Bonchev–Trinajstić information content (AvgIpc) is 3.54. The van der Waals surface area contributed by atoms with Gasteiger partial charge in [0.25, 0.3) is 0 Å². The number of phenols is 2. The zero-order valence-electron chi connectivity index (χ0n) is 30.5. The number of carboxylic acids is 1. The molecule has 14 heteroatoms. The molecule has 0 radical (unpaired) electrons. The molecule has 1 aromatic heterocycles. The van der Waals surface area contributed by atoms with E-state index >= 15 is 0 Å². The first-order chi connectivity index (χ1) is 26.0. The van der Waals surface area contributed by atoms with E-state index in [1.807, 2.05) is 19.1 Å². The Morgan fingerprint density at radius 3 is 2.56 bits per heavy atom. The third kappa shape index (κ3) is 7.94. The van der Waals surface area contributed by atoms with Gasteiger partial charge in [0.1, 0.15) is 12.4 Å². The van der Waals surface area contributed by atoms with Crippen LogP contribution in [0.3, 0.4) is 0 Å². The van der Waals surface area contributed by atoms with Crippen molar-refractivity contribution in [3.05, 3.63) is 77.5 Å². The number of carboxylic acid groups (broad SMARTS) is 1. The maximum atomic E-state index is 12.8. The van der Waals surface area contributed by atoms with Crippen LogP contribution in [0.15, 0.2) is 60.8 Å². The maximum absolute atomic E-state index is 12.8. The second-order valence-corrected chi connectivity index (χ2v) is 14.6. The lowest BCUT2D eigenvalue weighted by molar-refractivity contribution is -0.146. The quantitative estimate of drug-likeness (QED) is 0.0867. The van der Waals surface area contributed by atoms with Crippen LogP contribution in [0.5, 0.6) is 28.7 Å². The van der Waals surface area contributed by atoms with E-state index < -0.39 is 54.4 Å². The molecule has 1 spiro atoms. The molecular formula is C40H51N3O11. The second-order valence-electron chi connectivity index (χ2n) is 14.6. The Morgan fingerprint density at radius 2 is 1.83 bits per heavy atom. The van der Waals surface area contributed by atoms with Crippen molar-refractivity contribution in [1.29, 1.82) is 0 Å². The van der Waals surface area contributed by atoms with Gasteiger partial charge in [0.15, 0.2) is 29.8 Å². The number of carbonyl (C=O) groups is 1.